The largest absolute Gasteiger partial charge is 0.313 e. The molecule has 1 aromatic carbocycles. The summed E-state index contributed by atoms with van der Waals surface area (Å²) in [5.41, 5.74) is 1.08. The molecule has 0 spiro atoms. The molecule has 0 saturated carbocycles. The van der Waals surface area contributed by atoms with Crippen LogP contribution in [0.1, 0.15) is 31.4 Å². The number of hydrogen-bond donors (Lipinski definition) is 2. The third kappa shape index (κ3) is 3.97. The maximum Gasteiger partial charge on any atom is 0.240 e. The first kappa shape index (κ1) is 15.8. The molecular formula is C14H22N2O2S2. The van der Waals surface area contributed by atoms with Gasteiger partial charge in [-0.3, -0.25) is 0 Å². The molecule has 1 saturated heterocycles. The third-order valence-corrected chi connectivity index (χ3v) is 6.49. The van der Waals surface area contributed by atoms with Gasteiger partial charge < -0.3 is 5.32 Å². The molecule has 2 N–H and O–H groups in total. The number of nitrogens with one attached hydrogen (secondary N) is 2. The van der Waals surface area contributed by atoms with E-state index >= 15 is 0 Å². The van der Waals surface area contributed by atoms with Crippen LogP contribution in [0.3, 0.4) is 0 Å². The van der Waals surface area contributed by atoms with Crippen LogP contribution in [0.4, 0.5) is 0 Å². The van der Waals surface area contributed by atoms with Crippen LogP contribution >= 0.6 is 11.8 Å². The van der Waals surface area contributed by atoms with Gasteiger partial charge in [-0.05, 0) is 50.3 Å². The topological polar surface area (TPSA) is 58.2 Å². The van der Waals surface area contributed by atoms with E-state index in [-0.39, 0.29) is 6.04 Å². The van der Waals surface area contributed by atoms with Crippen molar-refractivity contribution in [2.24, 2.45) is 0 Å². The first-order chi connectivity index (χ1) is 9.53. The Morgan fingerprint density at radius 3 is 2.60 bits per heavy atom. The van der Waals surface area contributed by atoms with E-state index in [0.717, 1.165) is 17.7 Å². The van der Waals surface area contributed by atoms with E-state index in [2.05, 4.69) is 10.0 Å². The molecule has 2 atom stereocenters. The summed E-state index contributed by atoms with van der Waals surface area (Å²) in [6, 6.07) is 7.29. The number of benzene rings is 1. The van der Waals surface area contributed by atoms with Gasteiger partial charge >= 0.3 is 0 Å². The minimum atomic E-state index is -3.38. The lowest BCUT2D eigenvalue weighted by Gasteiger charge is -2.13. The van der Waals surface area contributed by atoms with Gasteiger partial charge in [0.1, 0.15) is 0 Å². The van der Waals surface area contributed by atoms with Gasteiger partial charge in [-0.2, -0.15) is 11.8 Å². The second-order valence-electron chi connectivity index (χ2n) is 5.07. The Balaban J connectivity index is 2.01. The van der Waals surface area contributed by atoms with Crippen LogP contribution in [-0.4, -0.2) is 33.0 Å². The SMILES string of the molecule is CNC(C)c1ccc(S(=O)(=O)NCC2CCCS2)cc1. The van der Waals surface area contributed by atoms with Crippen molar-refractivity contribution >= 4 is 21.8 Å². The van der Waals surface area contributed by atoms with Crippen LogP contribution in [0.2, 0.25) is 0 Å². The first-order valence-corrected chi connectivity index (χ1v) is 9.44. The lowest BCUT2D eigenvalue weighted by molar-refractivity contribution is 0.578. The Labute approximate surface area is 125 Å². The van der Waals surface area contributed by atoms with Crippen molar-refractivity contribution < 1.29 is 8.42 Å². The predicted octanol–water partition coefficient (Wildman–Crippen LogP) is 2.14. The Hall–Kier alpha value is -0.560. The molecule has 0 aromatic heterocycles. The zero-order valence-corrected chi connectivity index (χ0v) is 13.6. The summed E-state index contributed by atoms with van der Waals surface area (Å²) >= 11 is 1.85. The van der Waals surface area contributed by atoms with Gasteiger partial charge in [-0.15, -0.1) is 0 Å². The molecule has 0 amide bonds. The van der Waals surface area contributed by atoms with Crippen LogP contribution in [0.25, 0.3) is 0 Å². The van der Waals surface area contributed by atoms with E-state index in [1.165, 1.54) is 6.42 Å². The second-order valence-corrected chi connectivity index (χ2v) is 8.24. The molecule has 1 aromatic rings. The predicted molar refractivity (Wildman–Crippen MR) is 84.6 cm³/mol. The number of hydrogen-bond acceptors (Lipinski definition) is 4. The Morgan fingerprint density at radius 1 is 1.35 bits per heavy atom. The monoisotopic (exact) mass is 314 g/mol. The third-order valence-electron chi connectivity index (χ3n) is 3.65. The molecule has 20 heavy (non-hydrogen) atoms. The highest BCUT2D eigenvalue weighted by Crippen LogP contribution is 2.25. The fraction of sp³-hybridized carbons (Fsp3) is 0.571. The lowest BCUT2D eigenvalue weighted by Crippen LogP contribution is -2.29. The summed E-state index contributed by atoms with van der Waals surface area (Å²) in [4.78, 5) is 0.340. The minimum Gasteiger partial charge on any atom is -0.313 e. The zero-order chi connectivity index (χ0) is 14.6. The van der Waals surface area contributed by atoms with E-state index in [0.29, 0.717) is 16.7 Å². The van der Waals surface area contributed by atoms with Crippen molar-refractivity contribution in [1.29, 1.82) is 0 Å². The average molecular weight is 314 g/mol. The number of rotatable bonds is 6. The number of sulfonamides is 1. The van der Waals surface area contributed by atoms with Crippen molar-refractivity contribution in [2.75, 3.05) is 19.3 Å². The van der Waals surface area contributed by atoms with Crippen molar-refractivity contribution in [3.63, 3.8) is 0 Å². The van der Waals surface area contributed by atoms with Gasteiger partial charge in [0.15, 0.2) is 0 Å². The summed E-state index contributed by atoms with van der Waals surface area (Å²) in [6.07, 6.45) is 2.29. The maximum absolute atomic E-state index is 12.2. The molecule has 2 rings (SSSR count). The Bertz CT molecular complexity index is 523. The summed E-state index contributed by atoms with van der Waals surface area (Å²) in [7, 11) is -1.50. The van der Waals surface area contributed by atoms with E-state index in [1.807, 2.05) is 37.9 Å². The van der Waals surface area contributed by atoms with Crippen molar-refractivity contribution in [1.82, 2.24) is 10.0 Å². The Morgan fingerprint density at radius 2 is 2.05 bits per heavy atom. The fourth-order valence-corrected chi connectivity index (χ4v) is 4.58. The van der Waals surface area contributed by atoms with Gasteiger partial charge in [-0.1, -0.05) is 12.1 Å². The smallest absolute Gasteiger partial charge is 0.240 e. The molecule has 2 unspecified atom stereocenters. The summed E-state index contributed by atoms with van der Waals surface area (Å²) in [6.45, 7) is 2.57. The highest BCUT2D eigenvalue weighted by molar-refractivity contribution is 8.00. The molecule has 1 fully saturated rings. The first-order valence-electron chi connectivity index (χ1n) is 6.91. The van der Waals surface area contributed by atoms with Gasteiger partial charge in [0.05, 0.1) is 4.90 Å². The van der Waals surface area contributed by atoms with Gasteiger partial charge in [0.2, 0.25) is 10.0 Å². The zero-order valence-electron chi connectivity index (χ0n) is 11.9. The van der Waals surface area contributed by atoms with Crippen molar-refractivity contribution in [3.8, 4) is 0 Å². The molecule has 1 heterocycles. The van der Waals surface area contributed by atoms with Crippen LogP contribution in [0.15, 0.2) is 29.2 Å². The molecule has 0 radical (unpaired) electrons. The van der Waals surface area contributed by atoms with Gasteiger partial charge in [0.25, 0.3) is 0 Å². The van der Waals surface area contributed by atoms with Crippen molar-refractivity contribution in [2.45, 2.75) is 36.0 Å². The molecular weight excluding hydrogens is 292 g/mol. The molecule has 0 bridgehead atoms. The number of thioether (sulfide) groups is 1. The molecule has 1 aliphatic rings. The standard InChI is InChI=1S/C14H22N2O2S2/c1-11(15-2)12-5-7-14(8-6-12)20(17,18)16-10-13-4-3-9-19-13/h5-8,11,13,15-16H,3-4,9-10H2,1-2H3. The summed E-state index contributed by atoms with van der Waals surface area (Å²) < 4.78 is 27.1. The normalized spacial score (nSPS) is 21.0. The quantitative estimate of drug-likeness (QED) is 0.844. The summed E-state index contributed by atoms with van der Waals surface area (Å²) in [5, 5.41) is 3.56. The second kappa shape index (κ2) is 6.93. The van der Waals surface area contributed by atoms with Crippen molar-refractivity contribution in [3.05, 3.63) is 29.8 Å². The molecule has 4 nitrogen and oxygen atoms in total. The highest BCUT2D eigenvalue weighted by atomic mass is 32.2. The molecule has 112 valence electrons. The highest BCUT2D eigenvalue weighted by Gasteiger charge is 2.20. The average Bonchev–Trinajstić information content (AvgIpc) is 2.98. The van der Waals surface area contributed by atoms with Crippen LogP contribution in [0.5, 0.6) is 0 Å². The van der Waals surface area contributed by atoms with Crippen LogP contribution < -0.4 is 10.0 Å². The summed E-state index contributed by atoms with van der Waals surface area (Å²) in [5.74, 6) is 1.14. The minimum absolute atomic E-state index is 0.217. The fourth-order valence-electron chi connectivity index (χ4n) is 2.19. The van der Waals surface area contributed by atoms with Gasteiger partial charge in [-0.25, -0.2) is 13.1 Å². The molecule has 0 aliphatic carbocycles. The molecule has 1 aliphatic heterocycles. The van der Waals surface area contributed by atoms with E-state index in [1.54, 1.807) is 12.1 Å². The van der Waals surface area contributed by atoms with E-state index in [4.69, 9.17) is 0 Å². The van der Waals surface area contributed by atoms with Crippen LogP contribution in [0, 0.1) is 0 Å². The molecule has 6 heteroatoms. The lowest BCUT2D eigenvalue weighted by atomic mass is 10.1. The van der Waals surface area contributed by atoms with Gasteiger partial charge in [0, 0.05) is 17.8 Å². The van der Waals surface area contributed by atoms with E-state index in [9.17, 15) is 8.42 Å². The van der Waals surface area contributed by atoms with Crippen LogP contribution in [-0.2, 0) is 10.0 Å². The maximum atomic E-state index is 12.2. The van der Waals surface area contributed by atoms with E-state index < -0.39 is 10.0 Å². The Kier molecular flexibility index (Phi) is 5.49.